The average Bonchev–Trinajstić information content (AvgIpc) is 3.11. The predicted octanol–water partition coefficient (Wildman–Crippen LogP) is 2.51. The van der Waals surface area contributed by atoms with Gasteiger partial charge in [-0.05, 0) is 43.9 Å². The van der Waals surface area contributed by atoms with Crippen molar-refractivity contribution in [1.29, 1.82) is 0 Å². The molecule has 0 bridgehead atoms. The molecule has 2 aromatic rings. The molecule has 1 fully saturated rings. The summed E-state index contributed by atoms with van der Waals surface area (Å²) in [6.45, 7) is 5.69. The fourth-order valence-electron chi connectivity index (χ4n) is 4.33. The number of hydrogen-bond donors (Lipinski definition) is 4. The van der Waals surface area contributed by atoms with E-state index >= 15 is 0 Å². The third-order valence-electron chi connectivity index (χ3n) is 5.69. The van der Waals surface area contributed by atoms with Gasteiger partial charge in [0.1, 0.15) is 0 Å². The molecule has 6 N–H and O–H groups in total. The van der Waals surface area contributed by atoms with Crippen LogP contribution in [0.1, 0.15) is 29.5 Å². The van der Waals surface area contributed by atoms with Gasteiger partial charge >= 0.3 is 0 Å². The largest absolute Gasteiger partial charge is 0.392 e. The highest BCUT2D eigenvalue weighted by Gasteiger charge is 2.46. The number of thioether (sulfide) groups is 1. The van der Waals surface area contributed by atoms with Crippen molar-refractivity contribution < 1.29 is 4.79 Å². The molecule has 1 aromatic heterocycles. The number of pyridine rings is 1. The molecule has 1 aromatic carbocycles. The molecule has 2 aliphatic heterocycles. The van der Waals surface area contributed by atoms with Gasteiger partial charge in [0.2, 0.25) is 0 Å². The summed E-state index contributed by atoms with van der Waals surface area (Å²) in [5, 5.41) is 6.95. The van der Waals surface area contributed by atoms with Crippen molar-refractivity contribution in [3.8, 4) is 0 Å². The summed E-state index contributed by atoms with van der Waals surface area (Å²) in [7, 11) is 0. The Morgan fingerprint density at radius 1 is 1.33 bits per heavy atom. The van der Waals surface area contributed by atoms with Gasteiger partial charge in [-0.15, -0.1) is 0 Å². The summed E-state index contributed by atoms with van der Waals surface area (Å²) in [5.41, 5.74) is 16.9. The fraction of sp³-hybridized carbons (Fsp3) is 0.364. The van der Waals surface area contributed by atoms with E-state index in [1.807, 2.05) is 38.1 Å². The molecule has 30 heavy (non-hydrogen) atoms. The molecule has 158 valence electrons. The van der Waals surface area contributed by atoms with Gasteiger partial charge in [0.25, 0.3) is 5.91 Å². The monoisotopic (exact) mass is 424 g/mol. The minimum absolute atomic E-state index is 0.132. The van der Waals surface area contributed by atoms with E-state index in [0.717, 1.165) is 48.3 Å². The Morgan fingerprint density at radius 3 is 2.77 bits per heavy atom. The number of amides is 1. The second-order valence-electron chi connectivity index (χ2n) is 7.94. The van der Waals surface area contributed by atoms with Crippen molar-refractivity contribution in [1.82, 2.24) is 10.3 Å². The lowest BCUT2D eigenvalue weighted by Crippen LogP contribution is -2.47. The average molecular weight is 425 g/mol. The second kappa shape index (κ2) is 8.20. The number of rotatable bonds is 4. The molecule has 2 atom stereocenters. The molecule has 2 aliphatic rings. The number of aryl methyl sites for hydroxylation is 2. The zero-order valence-electron chi connectivity index (χ0n) is 17.3. The number of nitrogens with two attached hydrogens (primary N) is 2. The van der Waals surface area contributed by atoms with Gasteiger partial charge in [-0.25, -0.2) is 0 Å². The van der Waals surface area contributed by atoms with Crippen LogP contribution < -0.4 is 27.0 Å². The number of nitrogens with one attached hydrogen (secondary N) is 2. The number of anilines is 2. The zero-order valence-corrected chi connectivity index (χ0v) is 18.1. The van der Waals surface area contributed by atoms with E-state index in [4.69, 9.17) is 11.5 Å². The maximum atomic E-state index is 13.7. The Hall–Kier alpha value is -2.71. The third-order valence-corrected chi connectivity index (χ3v) is 6.85. The SMILES string of the molecule is Cc1cccc(C)c1[C@]1(C(=O)Nc2cnccc2N2CCCC(N)C2)NC=C(N)S1. The van der Waals surface area contributed by atoms with Crippen LogP contribution in [0.25, 0.3) is 0 Å². The normalized spacial score (nSPS) is 23.6. The van der Waals surface area contributed by atoms with Gasteiger partial charge in [0.05, 0.1) is 22.6 Å². The highest BCUT2D eigenvalue weighted by Crippen LogP contribution is 2.45. The minimum Gasteiger partial charge on any atom is -0.392 e. The minimum atomic E-state index is -1.04. The lowest BCUT2D eigenvalue weighted by molar-refractivity contribution is -0.119. The van der Waals surface area contributed by atoms with E-state index in [-0.39, 0.29) is 11.9 Å². The summed E-state index contributed by atoms with van der Waals surface area (Å²) >= 11 is 1.33. The van der Waals surface area contributed by atoms with E-state index in [0.29, 0.717) is 10.7 Å². The molecule has 1 unspecified atom stereocenters. The van der Waals surface area contributed by atoms with E-state index in [9.17, 15) is 4.79 Å². The van der Waals surface area contributed by atoms with Crippen molar-refractivity contribution >= 4 is 29.0 Å². The second-order valence-corrected chi connectivity index (χ2v) is 9.22. The summed E-state index contributed by atoms with van der Waals surface area (Å²) < 4.78 is 0. The number of carbonyl (C=O) groups is 1. The Kier molecular flexibility index (Phi) is 5.62. The Balaban J connectivity index is 1.69. The molecular formula is C22H28N6OS. The van der Waals surface area contributed by atoms with Gasteiger partial charge in [0.15, 0.2) is 4.87 Å². The highest BCUT2D eigenvalue weighted by molar-refractivity contribution is 8.04. The van der Waals surface area contributed by atoms with E-state index in [1.54, 1.807) is 18.6 Å². The molecule has 1 amide bonds. The van der Waals surface area contributed by atoms with Gasteiger partial charge < -0.3 is 27.0 Å². The molecule has 0 radical (unpaired) electrons. The molecule has 0 saturated carbocycles. The first-order valence-corrected chi connectivity index (χ1v) is 11.0. The van der Waals surface area contributed by atoms with Gasteiger partial charge in [-0.1, -0.05) is 30.0 Å². The maximum Gasteiger partial charge on any atom is 0.265 e. The predicted molar refractivity (Wildman–Crippen MR) is 123 cm³/mol. The lowest BCUT2D eigenvalue weighted by atomic mass is 9.94. The van der Waals surface area contributed by atoms with Crippen molar-refractivity contribution in [2.75, 3.05) is 23.3 Å². The first-order chi connectivity index (χ1) is 14.4. The number of carbonyl (C=O) groups excluding carboxylic acids is 1. The number of hydrogen-bond acceptors (Lipinski definition) is 7. The summed E-state index contributed by atoms with van der Waals surface area (Å²) in [5.74, 6) is -0.183. The topological polar surface area (TPSA) is 109 Å². The summed E-state index contributed by atoms with van der Waals surface area (Å²) in [6, 6.07) is 8.08. The van der Waals surface area contributed by atoms with Crippen molar-refractivity contribution in [2.24, 2.45) is 11.5 Å². The fourth-order valence-corrected chi connectivity index (χ4v) is 5.48. The van der Waals surface area contributed by atoms with Crippen LogP contribution in [0.15, 0.2) is 47.9 Å². The van der Waals surface area contributed by atoms with Crippen LogP contribution in [-0.4, -0.2) is 30.0 Å². The molecule has 0 spiro atoms. The van der Waals surface area contributed by atoms with Crippen LogP contribution in [-0.2, 0) is 9.67 Å². The van der Waals surface area contributed by atoms with E-state index < -0.39 is 4.87 Å². The molecule has 0 aliphatic carbocycles. The maximum absolute atomic E-state index is 13.7. The van der Waals surface area contributed by atoms with Crippen LogP contribution in [0.5, 0.6) is 0 Å². The van der Waals surface area contributed by atoms with E-state index in [2.05, 4.69) is 20.5 Å². The Labute approximate surface area is 181 Å². The number of benzene rings is 1. The highest BCUT2D eigenvalue weighted by atomic mass is 32.2. The summed E-state index contributed by atoms with van der Waals surface area (Å²) in [4.78, 5) is 19.2. The van der Waals surface area contributed by atoms with Crippen LogP contribution in [0, 0.1) is 13.8 Å². The third kappa shape index (κ3) is 3.73. The molecule has 4 rings (SSSR count). The number of nitrogens with zero attached hydrogens (tertiary/aromatic N) is 2. The van der Waals surface area contributed by atoms with Gasteiger partial charge in [-0.2, -0.15) is 0 Å². The van der Waals surface area contributed by atoms with Gasteiger partial charge in [-0.3, -0.25) is 9.78 Å². The van der Waals surface area contributed by atoms with E-state index in [1.165, 1.54) is 11.8 Å². The van der Waals surface area contributed by atoms with Crippen LogP contribution >= 0.6 is 11.8 Å². The first-order valence-electron chi connectivity index (χ1n) is 10.2. The molecule has 1 saturated heterocycles. The first kappa shape index (κ1) is 20.6. The van der Waals surface area contributed by atoms with Crippen molar-refractivity contribution in [3.63, 3.8) is 0 Å². The molecule has 3 heterocycles. The van der Waals surface area contributed by atoms with Crippen LogP contribution in [0.4, 0.5) is 11.4 Å². The smallest absolute Gasteiger partial charge is 0.265 e. The summed E-state index contributed by atoms with van der Waals surface area (Å²) in [6.07, 6.45) is 7.19. The zero-order chi connectivity index (χ0) is 21.3. The van der Waals surface area contributed by atoms with Crippen LogP contribution in [0.3, 0.4) is 0 Å². The Morgan fingerprint density at radius 2 is 2.10 bits per heavy atom. The van der Waals surface area contributed by atoms with Crippen molar-refractivity contribution in [3.05, 3.63) is 64.6 Å². The lowest BCUT2D eigenvalue weighted by Gasteiger charge is -2.35. The molecule has 8 heteroatoms. The molecule has 7 nitrogen and oxygen atoms in total. The quantitative estimate of drug-likeness (QED) is 0.597. The molecular weight excluding hydrogens is 396 g/mol. The van der Waals surface area contributed by atoms with Crippen molar-refractivity contribution in [2.45, 2.75) is 37.6 Å². The Bertz CT molecular complexity index is 973. The number of piperidine rings is 1. The van der Waals surface area contributed by atoms with Gasteiger partial charge in [0, 0.05) is 37.1 Å². The number of aromatic nitrogens is 1. The standard InChI is InChI=1S/C22H28N6OS/c1-14-5-3-6-15(2)20(14)22(26-12-19(24)30-22)21(29)27-17-11-25-9-8-18(17)28-10-4-7-16(23)13-28/h3,5-6,8-9,11-12,16,26H,4,7,10,13,23-24H2,1-2H3,(H,27,29)/t16?,22-/m0/s1. The van der Waals surface area contributed by atoms with Crippen LogP contribution in [0.2, 0.25) is 0 Å².